The van der Waals surface area contributed by atoms with E-state index in [1.165, 1.54) is 9.80 Å². The van der Waals surface area contributed by atoms with Crippen LogP contribution in [0.1, 0.15) is 17.3 Å². The van der Waals surface area contributed by atoms with Crippen molar-refractivity contribution in [1.82, 2.24) is 9.88 Å². The van der Waals surface area contributed by atoms with E-state index in [1.54, 1.807) is 21.0 Å². The van der Waals surface area contributed by atoms with Crippen LogP contribution in [-0.4, -0.2) is 59.0 Å². The average molecular weight is 296 g/mol. The van der Waals surface area contributed by atoms with Crippen LogP contribution in [0.4, 0.5) is 11.5 Å². The standard InChI is InChI=1S/C12H16N4O5/c1-4-15(7-10(17)14(2)3)11-9(16(20)21)5-8(6-13-11)12(18)19/h5-6H,4,7H2,1-3H3,(H,18,19). The fourth-order valence-corrected chi connectivity index (χ4v) is 1.58. The molecular formula is C12H16N4O5. The van der Waals surface area contributed by atoms with Crippen molar-refractivity contribution in [1.29, 1.82) is 0 Å². The number of aromatic carboxylic acids is 1. The summed E-state index contributed by atoms with van der Waals surface area (Å²) in [6.07, 6.45) is 1.04. The highest BCUT2D eigenvalue weighted by Gasteiger charge is 2.24. The van der Waals surface area contributed by atoms with Gasteiger partial charge in [0.05, 0.1) is 17.0 Å². The van der Waals surface area contributed by atoms with Gasteiger partial charge in [-0.1, -0.05) is 0 Å². The van der Waals surface area contributed by atoms with Gasteiger partial charge in [0.2, 0.25) is 11.7 Å². The maximum atomic E-state index is 11.7. The maximum absolute atomic E-state index is 11.7. The zero-order valence-corrected chi connectivity index (χ0v) is 11.9. The summed E-state index contributed by atoms with van der Waals surface area (Å²) in [6, 6.07) is 0.938. The van der Waals surface area contributed by atoms with Gasteiger partial charge in [0.25, 0.3) is 0 Å². The molecule has 0 unspecified atom stereocenters. The van der Waals surface area contributed by atoms with E-state index in [4.69, 9.17) is 5.11 Å². The van der Waals surface area contributed by atoms with Gasteiger partial charge >= 0.3 is 11.7 Å². The molecule has 1 heterocycles. The molecule has 0 aromatic carbocycles. The summed E-state index contributed by atoms with van der Waals surface area (Å²) in [7, 11) is 3.15. The molecule has 0 spiro atoms. The van der Waals surface area contributed by atoms with E-state index < -0.39 is 16.6 Å². The fraction of sp³-hybridized carbons (Fsp3) is 0.417. The van der Waals surface area contributed by atoms with Crippen LogP contribution in [0.15, 0.2) is 12.3 Å². The number of carboxylic acid groups (broad SMARTS) is 1. The second-order valence-electron chi connectivity index (χ2n) is 4.43. The number of hydrogen-bond acceptors (Lipinski definition) is 6. The van der Waals surface area contributed by atoms with Gasteiger partial charge in [-0.3, -0.25) is 14.9 Å². The van der Waals surface area contributed by atoms with Crippen LogP contribution in [0, 0.1) is 10.1 Å². The Kier molecular flexibility index (Phi) is 5.17. The van der Waals surface area contributed by atoms with Crippen molar-refractivity contribution >= 4 is 23.4 Å². The lowest BCUT2D eigenvalue weighted by atomic mass is 10.2. The normalized spacial score (nSPS) is 10.0. The fourth-order valence-electron chi connectivity index (χ4n) is 1.58. The van der Waals surface area contributed by atoms with Crippen molar-refractivity contribution in [3.63, 3.8) is 0 Å². The Bertz CT molecular complexity index is 573. The highest BCUT2D eigenvalue weighted by atomic mass is 16.6. The predicted molar refractivity (Wildman–Crippen MR) is 74.4 cm³/mol. The van der Waals surface area contributed by atoms with E-state index in [1.807, 2.05) is 0 Å². The van der Waals surface area contributed by atoms with Crippen molar-refractivity contribution in [3.8, 4) is 0 Å². The van der Waals surface area contributed by atoms with Gasteiger partial charge in [-0.15, -0.1) is 0 Å². The zero-order valence-electron chi connectivity index (χ0n) is 11.9. The summed E-state index contributed by atoms with van der Waals surface area (Å²) < 4.78 is 0. The second-order valence-corrected chi connectivity index (χ2v) is 4.43. The summed E-state index contributed by atoms with van der Waals surface area (Å²) in [5.74, 6) is -1.57. The largest absolute Gasteiger partial charge is 0.478 e. The topological polar surface area (TPSA) is 117 Å². The van der Waals surface area contributed by atoms with Crippen LogP contribution in [0.5, 0.6) is 0 Å². The van der Waals surface area contributed by atoms with Crippen LogP contribution in [-0.2, 0) is 4.79 Å². The lowest BCUT2D eigenvalue weighted by Gasteiger charge is -2.22. The van der Waals surface area contributed by atoms with Gasteiger partial charge in [-0.05, 0) is 6.92 Å². The minimum Gasteiger partial charge on any atom is -0.478 e. The van der Waals surface area contributed by atoms with Crippen LogP contribution in [0.25, 0.3) is 0 Å². The van der Waals surface area contributed by atoms with E-state index in [-0.39, 0.29) is 23.8 Å². The molecule has 0 saturated heterocycles. The van der Waals surface area contributed by atoms with Gasteiger partial charge in [0.15, 0.2) is 0 Å². The first-order chi connectivity index (χ1) is 9.77. The highest BCUT2D eigenvalue weighted by molar-refractivity contribution is 5.89. The van der Waals surface area contributed by atoms with E-state index in [0.717, 1.165) is 12.3 Å². The number of nitro groups is 1. The molecule has 0 saturated carbocycles. The molecule has 0 aliphatic heterocycles. The number of nitrogens with zero attached hydrogens (tertiary/aromatic N) is 4. The van der Waals surface area contributed by atoms with Gasteiger partial charge in [0.1, 0.15) is 0 Å². The predicted octanol–water partition coefficient (Wildman–Crippen LogP) is 0.602. The minimum absolute atomic E-state index is 0.0253. The van der Waals surface area contributed by atoms with Crippen molar-refractivity contribution < 1.29 is 19.6 Å². The van der Waals surface area contributed by atoms with E-state index in [0.29, 0.717) is 6.54 Å². The first kappa shape index (κ1) is 16.3. The van der Waals surface area contributed by atoms with Gasteiger partial charge in [-0.2, -0.15) is 0 Å². The molecule has 114 valence electrons. The third-order valence-electron chi connectivity index (χ3n) is 2.80. The van der Waals surface area contributed by atoms with E-state index in [2.05, 4.69) is 4.98 Å². The minimum atomic E-state index is -1.30. The van der Waals surface area contributed by atoms with Gasteiger partial charge in [0, 0.05) is 32.9 Å². The van der Waals surface area contributed by atoms with Gasteiger partial charge in [-0.25, -0.2) is 9.78 Å². The Balaban J connectivity index is 3.22. The number of hydrogen-bond donors (Lipinski definition) is 1. The van der Waals surface area contributed by atoms with Crippen molar-refractivity contribution in [2.24, 2.45) is 0 Å². The molecule has 0 radical (unpaired) electrons. The Morgan fingerprint density at radius 2 is 2.05 bits per heavy atom. The lowest BCUT2D eigenvalue weighted by Crippen LogP contribution is -2.37. The van der Waals surface area contributed by atoms with Gasteiger partial charge < -0.3 is 14.9 Å². The molecule has 0 aliphatic carbocycles. The lowest BCUT2D eigenvalue weighted by molar-refractivity contribution is -0.384. The number of carbonyl (C=O) groups excluding carboxylic acids is 1. The Labute approximate surface area is 120 Å². The highest BCUT2D eigenvalue weighted by Crippen LogP contribution is 2.26. The van der Waals surface area contributed by atoms with Crippen molar-refractivity contribution in [2.45, 2.75) is 6.92 Å². The number of anilines is 1. The Morgan fingerprint density at radius 3 is 2.48 bits per heavy atom. The average Bonchev–Trinajstić information content (AvgIpc) is 2.43. The molecule has 1 rings (SSSR count). The van der Waals surface area contributed by atoms with Crippen LogP contribution >= 0.6 is 0 Å². The number of carboxylic acids is 1. The van der Waals surface area contributed by atoms with Crippen LogP contribution < -0.4 is 4.90 Å². The Morgan fingerprint density at radius 1 is 1.43 bits per heavy atom. The van der Waals surface area contributed by atoms with Crippen molar-refractivity contribution in [3.05, 3.63) is 27.9 Å². The molecule has 0 bridgehead atoms. The summed E-state index contributed by atoms with van der Waals surface area (Å²) in [5, 5.41) is 19.9. The Hall–Kier alpha value is -2.71. The molecule has 9 nitrogen and oxygen atoms in total. The summed E-state index contributed by atoms with van der Waals surface area (Å²) in [6.45, 7) is 1.96. The molecule has 1 N–H and O–H groups in total. The molecular weight excluding hydrogens is 280 g/mol. The second kappa shape index (κ2) is 6.64. The summed E-state index contributed by atoms with van der Waals surface area (Å²) in [5.41, 5.74) is -0.719. The number of rotatable bonds is 6. The number of likely N-dealkylation sites (N-methyl/N-ethyl adjacent to an activating group) is 2. The quantitative estimate of drug-likeness (QED) is 0.603. The molecule has 1 aromatic heterocycles. The molecule has 1 amide bonds. The maximum Gasteiger partial charge on any atom is 0.337 e. The van der Waals surface area contributed by atoms with Crippen LogP contribution in [0.2, 0.25) is 0 Å². The molecule has 1 aromatic rings. The monoisotopic (exact) mass is 296 g/mol. The first-order valence-electron chi connectivity index (χ1n) is 6.10. The third-order valence-corrected chi connectivity index (χ3v) is 2.80. The summed E-state index contributed by atoms with van der Waals surface area (Å²) in [4.78, 5) is 39.6. The number of amides is 1. The smallest absolute Gasteiger partial charge is 0.337 e. The molecule has 0 aliphatic rings. The third kappa shape index (κ3) is 3.88. The summed E-state index contributed by atoms with van der Waals surface area (Å²) >= 11 is 0. The molecule has 9 heteroatoms. The SMILES string of the molecule is CCN(CC(=O)N(C)C)c1ncc(C(=O)O)cc1[N+](=O)[O-]. The molecule has 0 fully saturated rings. The molecule has 21 heavy (non-hydrogen) atoms. The number of carbonyl (C=O) groups is 2. The first-order valence-corrected chi connectivity index (χ1v) is 6.10. The van der Waals surface area contributed by atoms with Crippen molar-refractivity contribution in [2.75, 3.05) is 32.1 Å². The van der Waals surface area contributed by atoms with E-state index in [9.17, 15) is 19.7 Å². The van der Waals surface area contributed by atoms with Crippen LogP contribution in [0.3, 0.4) is 0 Å². The van der Waals surface area contributed by atoms with E-state index >= 15 is 0 Å². The zero-order chi connectivity index (χ0) is 16.2. The molecule has 0 atom stereocenters. The number of pyridine rings is 1. The number of aromatic nitrogens is 1.